The second-order valence-electron chi connectivity index (χ2n) is 3.55. The quantitative estimate of drug-likeness (QED) is 0.468. The first-order chi connectivity index (χ1) is 6.39. The van der Waals surface area contributed by atoms with Crippen molar-refractivity contribution in [1.82, 2.24) is 20.9 Å². The second kappa shape index (κ2) is 10.00. The molecule has 5 heteroatoms. The average Bonchev–Trinajstić information content (AvgIpc) is 2.11. The monoisotopic (exact) mass is 250 g/mol. The van der Waals surface area contributed by atoms with Crippen molar-refractivity contribution in [3.63, 3.8) is 0 Å². The third-order valence-corrected chi connectivity index (χ3v) is 2.30. The smallest absolute Gasteiger partial charge is 0.0104 e. The van der Waals surface area contributed by atoms with E-state index < -0.39 is 0 Å². The summed E-state index contributed by atoms with van der Waals surface area (Å²) in [5.41, 5.74) is 0. The summed E-state index contributed by atoms with van der Waals surface area (Å²) in [5.74, 6) is 0. The topological polar surface area (TPSA) is 39.3 Å². The predicted octanol–water partition coefficient (Wildman–Crippen LogP) is -1.30. The summed E-state index contributed by atoms with van der Waals surface area (Å²) in [6, 6.07) is 0. The molecule has 0 amide bonds. The molecule has 1 aliphatic rings. The van der Waals surface area contributed by atoms with Gasteiger partial charge in [-0.1, -0.05) is 0 Å². The van der Waals surface area contributed by atoms with E-state index >= 15 is 0 Å². The van der Waals surface area contributed by atoms with E-state index in [1.54, 1.807) is 0 Å². The molecule has 1 fully saturated rings. The van der Waals surface area contributed by atoms with Crippen LogP contribution in [-0.2, 0) is 19.5 Å². The van der Waals surface area contributed by atoms with Gasteiger partial charge in [0.05, 0.1) is 0 Å². The molecular weight excluding hydrogens is 230 g/mol. The fraction of sp³-hybridized carbons (Fsp3) is 1.00. The van der Waals surface area contributed by atoms with Crippen molar-refractivity contribution in [3.8, 4) is 0 Å². The minimum absolute atomic E-state index is 0. The van der Waals surface area contributed by atoms with Gasteiger partial charge in [-0.2, -0.15) is 0 Å². The number of likely N-dealkylation sites (N-methyl/N-ethyl adjacent to an activating group) is 1. The van der Waals surface area contributed by atoms with Crippen LogP contribution < -0.4 is 16.0 Å². The summed E-state index contributed by atoms with van der Waals surface area (Å²) in [5, 5.41) is 10.2. The average molecular weight is 252 g/mol. The van der Waals surface area contributed by atoms with Crippen LogP contribution in [0.4, 0.5) is 0 Å². The van der Waals surface area contributed by atoms with E-state index in [0.717, 1.165) is 52.4 Å². The molecule has 0 atom stereocenters. The van der Waals surface area contributed by atoms with E-state index in [1.165, 1.54) is 0 Å². The molecule has 3 N–H and O–H groups in total. The van der Waals surface area contributed by atoms with Crippen molar-refractivity contribution < 1.29 is 19.5 Å². The first-order valence-electron chi connectivity index (χ1n) is 5.20. The molecule has 14 heavy (non-hydrogen) atoms. The van der Waals surface area contributed by atoms with Gasteiger partial charge in [-0.3, -0.25) is 0 Å². The number of nitrogens with zero attached hydrogens (tertiary/aromatic N) is 1. The van der Waals surface area contributed by atoms with Gasteiger partial charge in [0.15, 0.2) is 0 Å². The summed E-state index contributed by atoms with van der Waals surface area (Å²) in [6.07, 6.45) is 0. The molecule has 0 aromatic heterocycles. The van der Waals surface area contributed by atoms with Gasteiger partial charge in [0.25, 0.3) is 0 Å². The van der Waals surface area contributed by atoms with E-state index in [4.69, 9.17) is 0 Å². The van der Waals surface area contributed by atoms with Crippen LogP contribution in [0.1, 0.15) is 0 Å². The van der Waals surface area contributed by atoms with Gasteiger partial charge in [0, 0.05) is 71.8 Å². The van der Waals surface area contributed by atoms with Crippen LogP contribution in [0.2, 0.25) is 0 Å². The van der Waals surface area contributed by atoms with E-state index in [1.807, 2.05) is 0 Å². The van der Waals surface area contributed by atoms with Crippen molar-refractivity contribution >= 4 is 0 Å². The summed E-state index contributed by atoms with van der Waals surface area (Å²) in [7, 11) is 2.17. The summed E-state index contributed by atoms with van der Waals surface area (Å²) in [6.45, 7) is 8.78. The standard InChI is InChI=1S/C9H22N4.Zn/c1-13-8-6-11-4-2-10-3-5-12-7-9-13;/h10-12H,2-9H2,1H3;. The zero-order valence-electron chi connectivity index (χ0n) is 9.31. The number of hydrogen-bond donors (Lipinski definition) is 3. The van der Waals surface area contributed by atoms with Crippen molar-refractivity contribution in [2.24, 2.45) is 0 Å². The first kappa shape index (κ1) is 14.5. The van der Waals surface area contributed by atoms with Gasteiger partial charge >= 0.3 is 0 Å². The maximum Gasteiger partial charge on any atom is 0.0104 e. The van der Waals surface area contributed by atoms with Crippen LogP contribution in [0.15, 0.2) is 0 Å². The van der Waals surface area contributed by atoms with Crippen LogP contribution in [0.3, 0.4) is 0 Å². The first-order valence-corrected chi connectivity index (χ1v) is 5.20. The van der Waals surface area contributed by atoms with Crippen molar-refractivity contribution in [2.75, 3.05) is 59.4 Å². The van der Waals surface area contributed by atoms with Crippen molar-refractivity contribution in [3.05, 3.63) is 0 Å². The molecule has 0 radical (unpaired) electrons. The maximum absolute atomic E-state index is 3.41. The molecule has 0 saturated carbocycles. The Morgan fingerprint density at radius 2 is 1.07 bits per heavy atom. The largest absolute Gasteiger partial charge is 0.314 e. The van der Waals surface area contributed by atoms with Crippen LogP contribution in [0.25, 0.3) is 0 Å². The SMILES string of the molecule is CN1CCNCCNCCNCC1.[Zn]. The Bertz CT molecular complexity index is 111. The number of nitrogens with one attached hydrogen (secondary N) is 3. The van der Waals surface area contributed by atoms with Gasteiger partial charge in [-0.25, -0.2) is 0 Å². The fourth-order valence-corrected chi connectivity index (χ4v) is 1.38. The number of hydrogen-bond acceptors (Lipinski definition) is 4. The van der Waals surface area contributed by atoms with E-state index in [-0.39, 0.29) is 19.5 Å². The summed E-state index contributed by atoms with van der Waals surface area (Å²) in [4.78, 5) is 2.36. The van der Waals surface area contributed by atoms with E-state index in [0.29, 0.717) is 0 Å². The Kier molecular flexibility index (Phi) is 10.3. The van der Waals surface area contributed by atoms with Crippen LogP contribution in [0, 0.1) is 0 Å². The minimum atomic E-state index is 0. The molecule has 1 heterocycles. The van der Waals surface area contributed by atoms with Gasteiger partial charge in [-0.05, 0) is 7.05 Å². The third-order valence-electron chi connectivity index (χ3n) is 2.30. The Labute approximate surface area is 99.9 Å². The maximum atomic E-state index is 3.41. The molecule has 1 aliphatic heterocycles. The van der Waals surface area contributed by atoms with Crippen molar-refractivity contribution in [2.45, 2.75) is 0 Å². The Morgan fingerprint density at radius 3 is 1.50 bits per heavy atom. The molecule has 0 aromatic rings. The molecule has 4 nitrogen and oxygen atoms in total. The van der Waals surface area contributed by atoms with Gasteiger partial charge in [0.2, 0.25) is 0 Å². The van der Waals surface area contributed by atoms with E-state index in [9.17, 15) is 0 Å². The fourth-order valence-electron chi connectivity index (χ4n) is 1.38. The molecule has 0 spiro atoms. The minimum Gasteiger partial charge on any atom is -0.314 e. The molecule has 0 unspecified atom stereocenters. The van der Waals surface area contributed by atoms with Crippen LogP contribution >= 0.6 is 0 Å². The summed E-state index contributed by atoms with van der Waals surface area (Å²) < 4.78 is 0. The summed E-state index contributed by atoms with van der Waals surface area (Å²) >= 11 is 0. The Hall–Kier alpha value is 0.463. The van der Waals surface area contributed by atoms with Crippen LogP contribution in [-0.4, -0.2) is 64.3 Å². The molecule has 0 bridgehead atoms. The molecule has 0 aromatic carbocycles. The third kappa shape index (κ3) is 7.83. The molecule has 0 aliphatic carbocycles. The van der Waals surface area contributed by atoms with Gasteiger partial charge in [0.1, 0.15) is 0 Å². The predicted molar refractivity (Wildman–Crippen MR) is 56.1 cm³/mol. The van der Waals surface area contributed by atoms with Gasteiger partial charge in [-0.15, -0.1) is 0 Å². The second-order valence-corrected chi connectivity index (χ2v) is 3.55. The Morgan fingerprint density at radius 1 is 0.714 bits per heavy atom. The van der Waals surface area contributed by atoms with Crippen LogP contribution in [0.5, 0.6) is 0 Å². The normalized spacial score (nSPS) is 22.9. The molecule has 80 valence electrons. The van der Waals surface area contributed by atoms with E-state index in [2.05, 4.69) is 27.9 Å². The molecular formula is C9H22N4Zn. The zero-order valence-corrected chi connectivity index (χ0v) is 12.3. The zero-order chi connectivity index (χ0) is 9.36. The van der Waals surface area contributed by atoms with Gasteiger partial charge < -0.3 is 20.9 Å². The molecule has 1 saturated heterocycles. The number of rotatable bonds is 0. The van der Waals surface area contributed by atoms with Crippen molar-refractivity contribution in [1.29, 1.82) is 0 Å². The Balaban J connectivity index is 0.00000169. The molecule has 1 rings (SSSR count).